The van der Waals surface area contributed by atoms with Crippen molar-refractivity contribution in [1.29, 1.82) is 0 Å². The second-order valence-corrected chi connectivity index (χ2v) is 6.47. The van der Waals surface area contributed by atoms with Gasteiger partial charge in [0.2, 0.25) is 0 Å². The summed E-state index contributed by atoms with van der Waals surface area (Å²) in [6, 6.07) is 14.4. The van der Waals surface area contributed by atoms with Gasteiger partial charge in [-0.3, -0.25) is 0 Å². The fourth-order valence-corrected chi connectivity index (χ4v) is 3.54. The maximum absolute atomic E-state index is 12.7. The lowest BCUT2D eigenvalue weighted by molar-refractivity contribution is 0.0526. The minimum absolute atomic E-state index is 0.292. The van der Waals surface area contributed by atoms with Crippen LogP contribution in [0.25, 0.3) is 11.0 Å². The summed E-state index contributed by atoms with van der Waals surface area (Å²) in [5, 5.41) is 0.628. The summed E-state index contributed by atoms with van der Waals surface area (Å²) in [7, 11) is -1.31. The molecule has 0 saturated heterocycles. The van der Waals surface area contributed by atoms with Crippen molar-refractivity contribution in [1.82, 2.24) is 0 Å². The number of hydrogen-bond donors (Lipinski definition) is 0. The predicted octanol–water partition coefficient (Wildman–Crippen LogP) is 4.08. The summed E-state index contributed by atoms with van der Waals surface area (Å²) < 4.78 is 23.4. The van der Waals surface area contributed by atoms with Gasteiger partial charge in [0.1, 0.15) is 16.9 Å². The van der Waals surface area contributed by atoms with Crippen molar-refractivity contribution in [3.05, 3.63) is 59.9 Å². The fourth-order valence-electron chi connectivity index (χ4n) is 2.45. The van der Waals surface area contributed by atoms with Gasteiger partial charge in [-0.25, -0.2) is 9.00 Å². The Labute approximate surface area is 136 Å². The molecule has 0 bridgehead atoms. The van der Waals surface area contributed by atoms with Gasteiger partial charge in [0.05, 0.1) is 17.4 Å². The molecule has 23 heavy (non-hydrogen) atoms. The zero-order valence-electron chi connectivity index (χ0n) is 12.9. The molecule has 1 heterocycles. The van der Waals surface area contributed by atoms with E-state index in [0.29, 0.717) is 38.7 Å². The van der Waals surface area contributed by atoms with Crippen LogP contribution >= 0.6 is 0 Å². The summed E-state index contributed by atoms with van der Waals surface area (Å²) in [6.45, 7) is 3.77. The quantitative estimate of drug-likeness (QED) is 0.677. The van der Waals surface area contributed by atoms with E-state index in [-0.39, 0.29) is 0 Å². The Morgan fingerprint density at radius 2 is 1.87 bits per heavy atom. The van der Waals surface area contributed by atoms with Gasteiger partial charge in [0.25, 0.3) is 0 Å². The highest BCUT2D eigenvalue weighted by atomic mass is 32.2. The molecule has 3 aromatic rings. The van der Waals surface area contributed by atoms with E-state index in [1.807, 2.05) is 30.3 Å². The first-order valence-corrected chi connectivity index (χ1v) is 8.44. The fraction of sp³-hybridized carbons (Fsp3) is 0.167. The van der Waals surface area contributed by atoms with Crippen molar-refractivity contribution < 1.29 is 18.2 Å². The van der Waals surface area contributed by atoms with Gasteiger partial charge in [-0.1, -0.05) is 18.2 Å². The van der Waals surface area contributed by atoms with E-state index < -0.39 is 16.8 Å². The van der Waals surface area contributed by atoms with Crippen LogP contribution in [0.5, 0.6) is 0 Å². The molecule has 4 nitrogen and oxygen atoms in total. The molecule has 1 aromatic heterocycles. The number of hydrogen-bond acceptors (Lipinski definition) is 4. The third-order valence-electron chi connectivity index (χ3n) is 3.49. The first-order chi connectivity index (χ1) is 11.1. The molecule has 0 saturated carbocycles. The second-order valence-electron chi connectivity index (χ2n) is 4.99. The van der Waals surface area contributed by atoms with Crippen LogP contribution in [-0.4, -0.2) is 16.8 Å². The largest absolute Gasteiger partial charge is 0.462 e. The van der Waals surface area contributed by atoms with Crippen LogP contribution in [0.1, 0.15) is 23.0 Å². The zero-order chi connectivity index (χ0) is 16.4. The standard InChI is InChI=1S/C18H16O4S/c1-3-21-18(19)17-12(2)22-16-10-9-14(11-15(16)17)23(20)13-7-5-4-6-8-13/h4-11H,3H2,1-2H3. The van der Waals surface area contributed by atoms with Crippen LogP contribution < -0.4 is 0 Å². The summed E-state index contributed by atoms with van der Waals surface area (Å²) >= 11 is 0. The van der Waals surface area contributed by atoms with Gasteiger partial charge < -0.3 is 9.15 Å². The highest BCUT2D eigenvalue weighted by Crippen LogP contribution is 2.29. The van der Waals surface area contributed by atoms with Crippen LogP contribution in [0.15, 0.2) is 62.7 Å². The normalized spacial score (nSPS) is 12.3. The molecule has 0 N–H and O–H groups in total. The smallest absolute Gasteiger partial charge is 0.342 e. The Hall–Kier alpha value is -2.40. The molecule has 0 radical (unpaired) electrons. The van der Waals surface area contributed by atoms with E-state index in [0.717, 1.165) is 0 Å². The van der Waals surface area contributed by atoms with E-state index in [1.54, 1.807) is 32.0 Å². The van der Waals surface area contributed by atoms with Crippen molar-refractivity contribution >= 4 is 27.7 Å². The molecule has 0 amide bonds. The van der Waals surface area contributed by atoms with Crippen molar-refractivity contribution in [2.24, 2.45) is 0 Å². The van der Waals surface area contributed by atoms with Gasteiger partial charge in [-0.05, 0) is 44.2 Å². The predicted molar refractivity (Wildman–Crippen MR) is 88.0 cm³/mol. The number of esters is 1. The van der Waals surface area contributed by atoms with Gasteiger partial charge in [-0.15, -0.1) is 0 Å². The SMILES string of the molecule is CCOC(=O)c1c(C)oc2ccc(S(=O)c3ccccc3)cc12. The minimum atomic E-state index is -1.31. The highest BCUT2D eigenvalue weighted by molar-refractivity contribution is 7.85. The first-order valence-electron chi connectivity index (χ1n) is 7.29. The Balaban J connectivity index is 2.09. The number of carbonyl (C=O) groups excluding carboxylic acids is 1. The lowest BCUT2D eigenvalue weighted by atomic mass is 10.1. The number of rotatable bonds is 4. The molecular formula is C18H16O4S. The van der Waals surface area contributed by atoms with E-state index in [4.69, 9.17) is 9.15 Å². The molecule has 0 spiro atoms. The molecule has 0 aliphatic heterocycles. The summed E-state index contributed by atoms with van der Waals surface area (Å²) in [4.78, 5) is 13.5. The third kappa shape index (κ3) is 2.92. The summed E-state index contributed by atoms with van der Waals surface area (Å²) in [6.07, 6.45) is 0. The lowest BCUT2D eigenvalue weighted by Crippen LogP contribution is -2.05. The molecule has 5 heteroatoms. The van der Waals surface area contributed by atoms with Crippen molar-refractivity contribution in [2.75, 3.05) is 6.61 Å². The molecule has 1 atom stereocenters. The third-order valence-corrected chi connectivity index (χ3v) is 4.87. The molecule has 0 fully saturated rings. The topological polar surface area (TPSA) is 56.5 Å². The molecule has 2 aromatic carbocycles. The Kier molecular flexibility index (Phi) is 4.30. The van der Waals surface area contributed by atoms with Crippen LogP contribution in [0.3, 0.4) is 0 Å². The molecule has 3 rings (SSSR count). The van der Waals surface area contributed by atoms with Crippen LogP contribution in [0.2, 0.25) is 0 Å². The lowest BCUT2D eigenvalue weighted by Gasteiger charge is -2.03. The number of furan rings is 1. The Morgan fingerprint density at radius 1 is 1.13 bits per heavy atom. The summed E-state index contributed by atoms with van der Waals surface area (Å²) in [5.74, 6) is 0.0764. The molecule has 0 aliphatic carbocycles. The Bertz CT molecular complexity index is 881. The molecule has 118 valence electrons. The van der Waals surface area contributed by atoms with Gasteiger partial charge in [-0.2, -0.15) is 0 Å². The average molecular weight is 328 g/mol. The van der Waals surface area contributed by atoms with E-state index in [1.165, 1.54) is 0 Å². The van der Waals surface area contributed by atoms with Crippen molar-refractivity contribution in [3.8, 4) is 0 Å². The Morgan fingerprint density at radius 3 is 2.57 bits per heavy atom. The minimum Gasteiger partial charge on any atom is -0.462 e. The van der Waals surface area contributed by atoms with Gasteiger partial charge in [0.15, 0.2) is 0 Å². The number of carbonyl (C=O) groups is 1. The first kappa shape index (κ1) is 15.5. The summed E-state index contributed by atoms with van der Waals surface area (Å²) in [5.41, 5.74) is 0.980. The van der Waals surface area contributed by atoms with Crippen LogP contribution in [-0.2, 0) is 15.5 Å². The van der Waals surface area contributed by atoms with Crippen LogP contribution in [0, 0.1) is 6.92 Å². The van der Waals surface area contributed by atoms with E-state index in [2.05, 4.69) is 0 Å². The number of benzene rings is 2. The van der Waals surface area contributed by atoms with Crippen molar-refractivity contribution in [2.45, 2.75) is 23.6 Å². The zero-order valence-corrected chi connectivity index (χ0v) is 13.7. The average Bonchev–Trinajstić information content (AvgIpc) is 2.90. The van der Waals surface area contributed by atoms with E-state index >= 15 is 0 Å². The molecule has 1 unspecified atom stereocenters. The van der Waals surface area contributed by atoms with Crippen molar-refractivity contribution in [3.63, 3.8) is 0 Å². The maximum atomic E-state index is 12.7. The number of ether oxygens (including phenoxy) is 1. The van der Waals surface area contributed by atoms with Gasteiger partial charge in [0, 0.05) is 15.2 Å². The number of aryl methyl sites for hydroxylation is 1. The molecular weight excluding hydrogens is 312 g/mol. The maximum Gasteiger partial charge on any atom is 0.342 e. The highest BCUT2D eigenvalue weighted by Gasteiger charge is 2.20. The number of fused-ring (bicyclic) bond motifs is 1. The monoisotopic (exact) mass is 328 g/mol. The van der Waals surface area contributed by atoms with Gasteiger partial charge >= 0.3 is 5.97 Å². The van der Waals surface area contributed by atoms with Crippen LogP contribution in [0.4, 0.5) is 0 Å². The second kappa shape index (κ2) is 6.38. The van der Waals surface area contributed by atoms with E-state index in [9.17, 15) is 9.00 Å². The molecule has 0 aliphatic rings.